The molecule has 0 saturated heterocycles. The first-order valence-corrected chi connectivity index (χ1v) is 38.8. The van der Waals surface area contributed by atoms with Gasteiger partial charge in [-0.1, -0.05) is 191 Å². The molecule has 0 nitrogen and oxygen atoms in total. The standard InChI is InChI=1S/C82H136/c1-23-45(12)82(26-4)51(18)75(82)43(10)35-53-48(15)55-56(53)58-57(55)59-60(58)62-61(59)63-64(62)66-65(63)67-68(66)70-69(67)71-72(70)74-73(71)76(74)80(25-3)38-79(80,22)50(17)41(8)30-27-29-40(7)49(16)78(21,24-2)81(37-44(11)47(14)39(5)6)34-33-52(81)32-28-31-46(13)77(19,20)54-36-42(54)9/h39-76H,23-38H2,1-22H3. The maximum Gasteiger partial charge on any atom is -0.0204 e. The lowest BCUT2D eigenvalue weighted by Gasteiger charge is -2.97. The Kier molecular flexibility index (Phi) is 13.4. The molecule has 464 valence electrons. The molecular formula is C82H136. The van der Waals surface area contributed by atoms with Crippen molar-refractivity contribution >= 4 is 0 Å². The van der Waals surface area contributed by atoms with Gasteiger partial charge in [-0.15, -0.1) is 0 Å². The largest absolute Gasteiger partial charge is 0.0651 e. The van der Waals surface area contributed by atoms with Gasteiger partial charge in [-0.3, -0.25) is 0 Å². The van der Waals surface area contributed by atoms with E-state index in [1.807, 2.05) is 0 Å². The molecule has 0 aromatic carbocycles. The fraction of sp³-hybridized carbons (Fsp3) is 1.00. The number of fused-ring (bicyclic) bond motifs is 28. The minimum absolute atomic E-state index is 0.419. The normalized spacial score (nSPS) is 58.0. The van der Waals surface area contributed by atoms with E-state index in [2.05, 4.69) is 152 Å². The number of hydrogen-bond donors (Lipinski definition) is 0. The van der Waals surface area contributed by atoms with Crippen LogP contribution in [0.2, 0.25) is 0 Å². The quantitative estimate of drug-likeness (QED) is 0.0685. The summed E-state index contributed by atoms with van der Waals surface area (Å²) in [6.07, 6.45) is 23.5. The summed E-state index contributed by atoms with van der Waals surface area (Å²) in [5, 5.41) is 0. The van der Waals surface area contributed by atoms with Crippen molar-refractivity contribution in [2.24, 2.45) is 257 Å². The summed E-state index contributed by atoms with van der Waals surface area (Å²) in [5.74, 6) is 40.9. The van der Waals surface area contributed by atoms with Crippen molar-refractivity contribution in [3.05, 3.63) is 0 Å². The van der Waals surface area contributed by atoms with Crippen LogP contribution in [-0.2, 0) is 0 Å². The fourth-order valence-electron chi connectivity index (χ4n) is 32.8. The van der Waals surface area contributed by atoms with E-state index in [1.54, 1.807) is 12.8 Å². The van der Waals surface area contributed by atoms with E-state index in [1.165, 1.54) is 202 Å². The fourth-order valence-corrected chi connectivity index (χ4v) is 32.8. The van der Waals surface area contributed by atoms with Crippen LogP contribution in [0.3, 0.4) is 0 Å². The molecule has 42 unspecified atom stereocenters. The average Bonchev–Trinajstić information content (AvgIpc) is 0.928. The van der Waals surface area contributed by atoms with Crippen LogP contribution < -0.4 is 0 Å². The van der Waals surface area contributed by atoms with Gasteiger partial charge in [0.25, 0.3) is 0 Å². The van der Waals surface area contributed by atoms with Crippen LogP contribution in [-0.4, -0.2) is 0 Å². The Morgan fingerprint density at radius 1 is 0.573 bits per heavy atom. The van der Waals surface area contributed by atoms with Gasteiger partial charge in [0.2, 0.25) is 0 Å². The van der Waals surface area contributed by atoms with E-state index in [-0.39, 0.29) is 0 Å². The van der Waals surface area contributed by atoms with Gasteiger partial charge in [-0.2, -0.15) is 0 Å². The van der Waals surface area contributed by atoms with E-state index >= 15 is 0 Å². The van der Waals surface area contributed by atoms with Crippen molar-refractivity contribution in [2.45, 2.75) is 255 Å². The lowest BCUT2D eigenvalue weighted by atomic mass is 9.08. The second-order valence-corrected chi connectivity index (χ2v) is 39.4. The molecule has 0 bridgehead atoms. The summed E-state index contributed by atoms with van der Waals surface area (Å²) in [5.41, 5.74) is 3.38. The van der Waals surface area contributed by atoms with Gasteiger partial charge in [-0.05, 0) is 322 Å². The molecule has 0 aliphatic heterocycles. The maximum atomic E-state index is 2.86. The highest BCUT2D eigenvalue weighted by Gasteiger charge is 2.97. The van der Waals surface area contributed by atoms with E-state index in [4.69, 9.17) is 0 Å². The predicted octanol–water partition coefficient (Wildman–Crippen LogP) is 22.2. The van der Waals surface area contributed by atoms with Gasteiger partial charge in [0.1, 0.15) is 0 Å². The first-order valence-electron chi connectivity index (χ1n) is 38.8. The van der Waals surface area contributed by atoms with Crippen LogP contribution in [0.25, 0.3) is 0 Å². The number of rotatable bonds is 28. The Balaban J connectivity index is 0.544. The van der Waals surface area contributed by atoms with Gasteiger partial charge < -0.3 is 0 Å². The van der Waals surface area contributed by atoms with Crippen molar-refractivity contribution in [1.82, 2.24) is 0 Å². The molecule has 15 rings (SSSR count). The highest BCUT2D eigenvalue weighted by molar-refractivity contribution is 5.43. The summed E-state index contributed by atoms with van der Waals surface area (Å²) >= 11 is 0. The molecule has 0 aromatic heterocycles. The molecule has 0 heterocycles. The maximum absolute atomic E-state index is 2.86. The molecule has 0 radical (unpaired) electrons. The monoisotopic (exact) mass is 1120 g/mol. The van der Waals surface area contributed by atoms with Gasteiger partial charge in [-0.25, -0.2) is 0 Å². The minimum Gasteiger partial charge on any atom is -0.0651 e. The Hall–Kier alpha value is 0. The van der Waals surface area contributed by atoms with Crippen molar-refractivity contribution in [2.75, 3.05) is 0 Å². The van der Waals surface area contributed by atoms with Gasteiger partial charge in [0, 0.05) is 0 Å². The highest BCUT2D eigenvalue weighted by atomic mass is 15.0. The van der Waals surface area contributed by atoms with Gasteiger partial charge in [0.15, 0.2) is 0 Å². The molecule has 15 saturated carbocycles. The SMILES string of the molecule is CCC(C)C1(CC)C(C)C1C(C)CC1C(C)C2C1C1C2C2C1C1C2C2C1C1C2C2C1C1C2C2C1C1C2C1C1(CC)CC1(C)C(C)C(C)CCCC(C)C(C)C(C)(CC)C1(CC(C)C(C)C(C)C)CCC1CCCC(C)C(C)(C)C1CC1C. The Bertz CT molecular complexity index is 2440. The first kappa shape index (κ1) is 58.4. The van der Waals surface area contributed by atoms with E-state index in [9.17, 15) is 0 Å². The van der Waals surface area contributed by atoms with Crippen molar-refractivity contribution < 1.29 is 0 Å². The third kappa shape index (κ3) is 6.75. The summed E-state index contributed by atoms with van der Waals surface area (Å²) in [6, 6.07) is 0. The van der Waals surface area contributed by atoms with Crippen LogP contribution >= 0.6 is 0 Å². The molecule has 0 amide bonds. The van der Waals surface area contributed by atoms with Gasteiger partial charge >= 0.3 is 0 Å². The summed E-state index contributed by atoms with van der Waals surface area (Å²) in [4.78, 5) is 0. The van der Waals surface area contributed by atoms with Crippen LogP contribution in [0.4, 0.5) is 0 Å². The molecule has 15 aliphatic rings. The second kappa shape index (κ2) is 18.8. The molecule has 0 spiro atoms. The molecule has 15 aliphatic carbocycles. The smallest absolute Gasteiger partial charge is 0.0204 e. The number of hydrogen-bond acceptors (Lipinski definition) is 0. The minimum atomic E-state index is 0.419. The van der Waals surface area contributed by atoms with Gasteiger partial charge in [0.05, 0.1) is 0 Å². The highest BCUT2D eigenvalue weighted by Crippen LogP contribution is 3.00. The molecule has 0 heteroatoms. The van der Waals surface area contributed by atoms with Crippen molar-refractivity contribution in [1.29, 1.82) is 0 Å². The summed E-state index contributed by atoms with van der Waals surface area (Å²) in [7, 11) is 0. The molecule has 82 heavy (non-hydrogen) atoms. The molecular weight excluding hydrogens is 985 g/mol. The average molecular weight is 1120 g/mol. The van der Waals surface area contributed by atoms with Crippen molar-refractivity contribution in [3.8, 4) is 0 Å². The Morgan fingerprint density at radius 3 is 1.55 bits per heavy atom. The van der Waals surface area contributed by atoms with Crippen LogP contribution in [0.1, 0.15) is 255 Å². The predicted molar refractivity (Wildman–Crippen MR) is 346 cm³/mol. The van der Waals surface area contributed by atoms with Crippen molar-refractivity contribution in [3.63, 3.8) is 0 Å². The zero-order valence-electron chi connectivity index (χ0n) is 58.3. The van der Waals surface area contributed by atoms with Crippen LogP contribution in [0, 0.1) is 257 Å². The zero-order valence-corrected chi connectivity index (χ0v) is 58.3. The molecule has 0 N–H and O–H groups in total. The topological polar surface area (TPSA) is 0 Å². The summed E-state index contributed by atoms with van der Waals surface area (Å²) < 4.78 is 0. The Morgan fingerprint density at radius 2 is 1.09 bits per heavy atom. The third-order valence-electron chi connectivity index (χ3n) is 39.0. The lowest BCUT2D eigenvalue weighted by Crippen LogP contribution is -2.94. The van der Waals surface area contributed by atoms with E-state index in [0.29, 0.717) is 32.5 Å². The van der Waals surface area contributed by atoms with E-state index in [0.717, 1.165) is 112 Å². The van der Waals surface area contributed by atoms with Crippen LogP contribution in [0.15, 0.2) is 0 Å². The summed E-state index contributed by atoms with van der Waals surface area (Å²) in [6.45, 7) is 58.4. The molecule has 15 fully saturated rings. The first-order chi connectivity index (χ1) is 38.8. The zero-order chi connectivity index (χ0) is 58.3. The lowest BCUT2D eigenvalue weighted by molar-refractivity contribution is -0.503. The second-order valence-electron chi connectivity index (χ2n) is 39.4. The van der Waals surface area contributed by atoms with Crippen LogP contribution in [0.5, 0.6) is 0 Å². The third-order valence-corrected chi connectivity index (χ3v) is 39.0. The van der Waals surface area contributed by atoms with E-state index < -0.39 is 0 Å². The molecule has 42 atom stereocenters. The molecule has 0 aromatic rings. The Labute approximate surface area is 509 Å².